The number of hydrogen-bond donors (Lipinski definition) is 0. The zero-order chi connectivity index (χ0) is 10.2. The number of rotatable bonds is 1. The summed E-state index contributed by atoms with van der Waals surface area (Å²) < 4.78 is 38.3. The lowest BCUT2D eigenvalue weighted by molar-refractivity contribution is 0.111. The number of hydrogen-bond acceptors (Lipinski definition) is 1. The molecule has 0 N–H and O–H groups in total. The third-order valence-electron chi connectivity index (χ3n) is 1.36. The quantitative estimate of drug-likeness (QED) is 0.410. The van der Waals surface area contributed by atoms with E-state index < -0.39 is 33.1 Å². The van der Waals surface area contributed by atoms with E-state index in [9.17, 15) is 18.0 Å². The summed E-state index contributed by atoms with van der Waals surface area (Å²) in [7, 11) is 0. The minimum atomic E-state index is -1.45. The van der Waals surface area contributed by atoms with Crippen molar-refractivity contribution in [1.82, 2.24) is 0 Å². The molecule has 1 nitrogen and oxygen atoms in total. The van der Waals surface area contributed by atoms with Crippen LogP contribution < -0.4 is 0 Å². The number of halogens is 5. The smallest absolute Gasteiger partial charge is 0.166 e. The minimum absolute atomic E-state index is 0.123. The van der Waals surface area contributed by atoms with Crippen LogP contribution in [-0.2, 0) is 0 Å². The lowest BCUT2D eigenvalue weighted by Gasteiger charge is -2.03. The third kappa shape index (κ3) is 1.51. The Kier molecular flexibility index (Phi) is 2.83. The van der Waals surface area contributed by atoms with Gasteiger partial charge in [0, 0.05) is 0 Å². The fourth-order valence-electron chi connectivity index (χ4n) is 0.725. The molecule has 0 aliphatic heterocycles. The monoisotopic (exact) mass is 228 g/mol. The zero-order valence-electron chi connectivity index (χ0n) is 5.88. The van der Waals surface area contributed by atoms with Gasteiger partial charge in [0.2, 0.25) is 0 Å². The van der Waals surface area contributed by atoms with Gasteiger partial charge in [0.15, 0.2) is 23.7 Å². The predicted molar refractivity (Wildman–Crippen MR) is 41.7 cm³/mol. The molecule has 1 aromatic rings. The van der Waals surface area contributed by atoms with Gasteiger partial charge in [0.05, 0.1) is 5.56 Å². The van der Waals surface area contributed by atoms with Crippen LogP contribution in [0, 0.1) is 17.5 Å². The average molecular weight is 229 g/mol. The van der Waals surface area contributed by atoms with Crippen molar-refractivity contribution in [3.8, 4) is 0 Å². The lowest BCUT2D eigenvalue weighted by atomic mass is 10.2. The summed E-state index contributed by atoms with van der Waals surface area (Å²) in [6.07, 6.45) is -0.123. The molecule has 0 fully saturated rings. The Bertz CT molecular complexity index is 349. The van der Waals surface area contributed by atoms with Gasteiger partial charge in [0.1, 0.15) is 10.0 Å². The van der Waals surface area contributed by atoms with Crippen molar-refractivity contribution < 1.29 is 18.0 Å². The second kappa shape index (κ2) is 3.55. The number of aldehydes is 1. The van der Waals surface area contributed by atoms with Gasteiger partial charge in [-0.3, -0.25) is 4.79 Å². The van der Waals surface area contributed by atoms with E-state index in [-0.39, 0.29) is 6.29 Å². The number of benzene rings is 1. The average Bonchev–Trinajstić information content (AvgIpc) is 2.13. The number of carbonyl (C=O) groups excluding carboxylic acids is 1. The topological polar surface area (TPSA) is 17.1 Å². The van der Waals surface area contributed by atoms with Gasteiger partial charge in [-0.25, -0.2) is 13.2 Å². The summed E-state index contributed by atoms with van der Waals surface area (Å²) in [6, 6.07) is 0. The molecule has 13 heavy (non-hydrogen) atoms. The van der Waals surface area contributed by atoms with Crippen LogP contribution in [0.1, 0.15) is 10.4 Å². The van der Waals surface area contributed by atoms with E-state index in [1.807, 2.05) is 0 Å². The first-order valence-corrected chi connectivity index (χ1v) is 3.73. The second-order valence-corrected chi connectivity index (χ2v) is 2.86. The molecule has 0 aliphatic rings. The van der Waals surface area contributed by atoms with Crippen molar-refractivity contribution >= 4 is 29.5 Å². The molecule has 0 aromatic heterocycles. The summed E-state index contributed by atoms with van der Waals surface area (Å²) >= 11 is 10.2. The van der Waals surface area contributed by atoms with Crippen LogP contribution in [0.15, 0.2) is 0 Å². The summed E-state index contributed by atoms with van der Waals surface area (Å²) in [4.78, 5) is 10.1. The maximum absolute atomic E-state index is 12.8. The molecule has 0 atom stereocenters. The molecular formula is C7HCl2F3O. The van der Waals surface area contributed by atoms with Gasteiger partial charge in [0.25, 0.3) is 0 Å². The standard InChI is InChI=1S/C7HCl2F3O/c8-3-5(10)2(1-13)6(11)4(9)7(3)12/h1H. The van der Waals surface area contributed by atoms with Crippen molar-refractivity contribution in [2.75, 3.05) is 0 Å². The van der Waals surface area contributed by atoms with E-state index in [2.05, 4.69) is 0 Å². The van der Waals surface area contributed by atoms with Crippen LogP contribution in [0.25, 0.3) is 0 Å². The highest BCUT2D eigenvalue weighted by Crippen LogP contribution is 2.30. The summed E-state index contributed by atoms with van der Waals surface area (Å²) in [5, 5.41) is -1.98. The lowest BCUT2D eigenvalue weighted by Crippen LogP contribution is -1.99. The van der Waals surface area contributed by atoms with Crippen LogP contribution in [-0.4, -0.2) is 6.29 Å². The fraction of sp³-hybridized carbons (Fsp3) is 0. The highest BCUT2D eigenvalue weighted by atomic mass is 35.5. The van der Waals surface area contributed by atoms with Crippen LogP contribution in [0.5, 0.6) is 0 Å². The molecule has 0 unspecified atom stereocenters. The Hall–Kier alpha value is -0.740. The van der Waals surface area contributed by atoms with Crippen molar-refractivity contribution in [1.29, 1.82) is 0 Å². The second-order valence-electron chi connectivity index (χ2n) is 2.10. The van der Waals surface area contributed by atoms with Crippen molar-refractivity contribution in [2.45, 2.75) is 0 Å². The predicted octanol–water partition coefficient (Wildman–Crippen LogP) is 3.22. The molecule has 0 spiro atoms. The molecule has 6 heteroatoms. The molecule has 0 amide bonds. The summed E-state index contributed by atoms with van der Waals surface area (Å²) in [6.45, 7) is 0. The molecule has 0 radical (unpaired) electrons. The minimum Gasteiger partial charge on any atom is -0.298 e. The van der Waals surface area contributed by atoms with Crippen LogP contribution in [0.3, 0.4) is 0 Å². The molecule has 0 bridgehead atoms. The zero-order valence-corrected chi connectivity index (χ0v) is 7.39. The summed E-state index contributed by atoms with van der Waals surface area (Å²) in [5.41, 5.74) is -0.976. The van der Waals surface area contributed by atoms with Crippen LogP contribution >= 0.6 is 23.2 Å². The highest BCUT2D eigenvalue weighted by molar-refractivity contribution is 6.35. The van der Waals surface area contributed by atoms with Gasteiger partial charge < -0.3 is 0 Å². The van der Waals surface area contributed by atoms with Crippen LogP contribution in [0.2, 0.25) is 10.0 Å². The first-order chi connectivity index (χ1) is 6.00. The fourth-order valence-corrected chi connectivity index (χ4v) is 1.17. The van der Waals surface area contributed by atoms with E-state index in [0.29, 0.717) is 0 Å². The Labute approximate surface area is 81.1 Å². The molecular weight excluding hydrogens is 228 g/mol. The molecule has 0 heterocycles. The number of carbonyl (C=O) groups is 1. The molecule has 0 aliphatic carbocycles. The van der Waals surface area contributed by atoms with E-state index in [4.69, 9.17) is 23.2 Å². The summed E-state index contributed by atoms with van der Waals surface area (Å²) in [5.74, 6) is -4.31. The van der Waals surface area contributed by atoms with E-state index in [0.717, 1.165) is 0 Å². The first kappa shape index (κ1) is 10.3. The van der Waals surface area contributed by atoms with E-state index in [1.54, 1.807) is 0 Å². The van der Waals surface area contributed by atoms with Gasteiger partial charge in [-0.05, 0) is 0 Å². The van der Waals surface area contributed by atoms with Gasteiger partial charge in [-0.1, -0.05) is 23.2 Å². The maximum atomic E-state index is 12.8. The first-order valence-electron chi connectivity index (χ1n) is 2.97. The largest absolute Gasteiger partial charge is 0.298 e. The highest BCUT2D eigenvalue weighted by Gasteiger charge is 2.22. The van der Waals surface area contributed by atoms with Crippen LogP contribution in [0.4, 0.5) is 13.2 Å². The van der Waals surface area contributed by atoms with Gasteiger partial charge in [-0.2, -0.15) is 0 Å². The van der Waals surface area contributed by atoms with Crippen molar-refractivity contribution in [3.63, 3.8) is 0 Å². The third-order valence-corrected chi connectivity index (χ3v) is 2.03. The van der Waals surface area contributed by atoms with Gasteiger partial charge in [-0.15, -0.1) is 0 Å². The normalized spacial score (nSPS) is 10.2. The molecule has 0 saturated heterocycles. The van der Waals surface area contributed by atoms with Gasteiger partial charge >= 0.3 is 0 Å². The van der Waals surface area contributed by atoms with Crippen molar-refractivity contribution in [2.24, 2.45) is 0 Å². The molecule has 0 saturated carbocycles. The maximum Gasteiger partial charge on any atom is 0.166 e. The SMILES string of the molecule is O=Cc1c(F)c(Cl)c(F)c(Cl)c1F. The van der Waals surface area contributed by atoms with E-state index in [1.165, 1.54) is 0 Å². The van der Waals surface area contributed by atoms with E-state index >= 15 is 0 Å². The Morgan fingerprint density at radius 2 is 1.31 bits per heavy atom. The van der Waals surface area contributed by atoms with Crippen molar-refractivity contribution in [3.05, 3.63) is 33.1 Å². The molecule has 70 valence electrons. The Morgan fingerprint density at radius 3 is 1.62 bits per heavy atom. The Balaban J connectivity index is 3.66. The molecule has 1 rings (SSSR count). The molecule has 1 aromatic carbocycles. The Morgan fingerprint density at radius 1 is 0.923 bits per heavy atom.